The lowest BCUT2D eigenvalue weighted by Crippen LogP contribution is -1.99. The molecule has 0 fully saturated rings. The Hall–Kier alpha value is -0.490. The maximum Gasteiger partial charge on any atom is 0.148 e. The van der Waals surface area contributed by atoms with E-state index in [4.69, 9.17) is 17.3 Å². The number of halogens is 2. The van der Waals surface area contributed by atoms with Gasteiger partial charge in [-0.2, -0.15) is 0 Å². The average Bonchev–Trinajstić information content (AvgIpc) is 2.78. The molecule has 90 valence electrons. The number of hydrogen-bond acceptors (Lipinski definition) is 4. The van der Waals surface area contributed by atoms with Crippen LogP contribution in [-0.4, -0.2) is 16.7 Å². The van der Waals surface area contributed by atoms with E-state index in [1.807, 2.05) is 18.2 Å². The number of hydrogen-bond donors (Lipinski definition) is 1. The van der Waals surface area contributed by atoms with Gasteiger partial charge < -0.3 is 5.73 Å². The van der Waals surface area contributed by atoms with Gasteiger partial charge in [-0.25, -0.2) is 0 Å². The predicted octanol–water partition coefficient (Wildman–Crippen LogP) is 3.51. The smallest absolute Gasteiger partial charge is 0.148 e. The quantitative estimate of drug-likeness (QED) is 0.932. The van der Waals surface area contributed by atoms with Crippen molar-refractivity contribution in [1.29, 1.82) is 0 Å². The van der Waals surface area contributed by atoms with Crippen LogP contribution in [0.3, 0.4) is 0 Å². The maximum absolute atomic E-state index is 5.98. The summed E-state index contributed by atoms with van der Waals surface area (Å²) in [6.45, 7) is 0.676. The van der Waals surface area contributed by atoms with Crippen LogP contribution in [0.5, 0.6) is 0 Å². The fourth-order valence-corrected chi connectivity index (χ4v) is 3.03. The zero-order valence-electron chi connectivity index (χ0n) is 8.99. The Bertz CT molecular complexity index is 515. The summed E-state index contributed by atoms with van der Waals surface area (Å²) in [5.74, 6) is 0. The molecule has 0 bridgehead atoms. The standard InChI is InChI=1S/C11H11BrClN3S/c12-9-4-3-7(13)6-8(9)11-16-15-10(17-11)2-1-5-14/h3-4,6H,1-2,5,14H2. The second kappa shape index (κ2) is 5.91. The van der Waals surface area contributed by atoms with Crippen molar-refractivity contribution in [1.82, 2.24) is 10.2 Å². The Morgan fingerprint density at radius 2 is 2.18 bits per heavy atom. The van der Waals surface area contributed by atoms with Crippen molar-refractivity contribution in [2.75, 3.05) is 6.54 Å². The second-order valence-corrected chi connectivity index (χ2v) is 5.87. The fraction of sp³-hybridized carbons (Fsp3) is 0.273. The van der Waals surface area contributed by atoms with Crippen LogP contribution < -0.4 is 5.73 Å². The number of rotatable bonds is 4. The van der Waals surface area contributed by atoms with Crippen LogP contribution in [0.2, 0.25) is 5.02 Å². The van der Waals surface area contributed by atoms with Gasteiger partial charge in [-0.1, -0.05) is 38.9 Å². The van der Waals surface area contributed by atoms with Crippen LogP contribution in [0.4, 0.5) is 0 Å². The molecule has 2 N–H and O–H groups in total. The highest BCUT2D eigenvalue weighted by atomic mass is 79.9. The van der Waals surface area contributed by atoms with Gasteiger partial charge in [0.25, 0.3) is 0 Å². The topological polar surface area (TPSA) is 51.8 Å². The number of benzene rings is 1. The van der Waals surface area contributed by atoms with Gasteiger partial charge >= 0.3 is 0 Å². The molecule has 0 saturated heterocycles. The summed E-state index contributed by atoms with van der Waals surface area (Å²) < 4.78 is 0.975. The third kappa shape index (κ3) is 3.25. The first-order chi connectivity index (χ1) is 8.20. The van der Waals surface area contributed by atoms with Crippen molar-refractivity contribution in [2.24, 2.45) is 5.73 Å². The molecule has 0 radical (unpaired) electrons. The van der Waals surface area contributed by atoms with Gasteiger partial charge in [-0.05, 0) is 31.2 Å². The van der Waals surface area contributed by atoms with Crippen LogP contribution in [0, 0.1) is 0 Å². The number of aryl methyl sites for hydroxylation is 1. The van der Waals surface area contributed by atoms with Crippen molar-refractivity contribution in [3.63, 3.8) is 0 Å². The van der Waals surface area contributed by atoms with E-state index < -0.39 is 0 Å². The highest BCUT2D eigenvalue weighted by Gasteiger charge is 2.10. The monoisotopic (exact) mass is 331 g/mol. The van der Waals surface area contributed by atoms with Crippen molar-refractivity contribution >= 4 is 38.9 Å². The van der Waals surface area contributed by atoms with E-state index in [2.05, 4.69) is 26.1 Å². The van der Waals surface area contributed by atoms with Gasteiger partial charge in [0.15, 0.2) is 0 Å². The minimum Gasteiger partial charge on any atom is -0.330 e. The molecule has 2 aromatic rings. The van der Waals surface area contributed by atoms with E-state index in [9.17, 15) is 0 Å². The highest BCUT2D eigenvalue weighted by molar-refractivity contribution is 9.10. The van der Waals surface area contributed by atoms with Crippen LogP contribution in [0.25, 0.3) is 10.6 Å². The largest absolute Gasteiger partial charge is 0.330 e. The molecule has 0 saturated carbocycles. The Morgan fingerprint density at radius 1 is 1.35 bits per heavy atom. The Kier molecular flexibility index (Phi) is 4.50. The van der Waals surface area contributed by atoms with Gasteiger partial charge in [-0.3, -0.25) is 0 Å². The Labute approximate surface area is 117 Å². The molecule has 3 nitrogen and oxygen atoms in total. The van der Waals surface area contributed by atoms with Gasteiger partial charge in [0.2, 0.25) is 0 Å². The maximum atomic E-state index is 5.98. The minimum absolute atomic E-state index is 0.676. The van der Waals surface area contributed by atoms with E-state index in [1.54, 1.807) is 11.3 Å². The SMILES string of the molecule is NCCCc1nnc(-c2cc(Cl)ccc2Br)s1. The zero-order chi connectivity index (χ0) is 12.3. The molecule has 0 aliphatic carbocycles. The molecule has 1 aromatic heterocycles. The van der Waals surface area contributed by atoms with Crippen molar-refractivity contribution in [3.8, 4) is 10.6 Å². The number of nitrogens with zero attached hydrogens (tertiary/aromatic N) is 2. The van der Waals surface area contributed by atoms with E-state index in [0.717, 1.165) is 32.9 Å². The predicted molar refractivity (Wildman–Crippen MR) is 75.4 cm³/mol. The normalized spacial score (nSPS) is 10.8. The lowest BCUT2D eigenvalue weighted by molar-refractivity contribution is 0.812. The Morgan fingerprint density at radius 3 is 2.94 bits per heavy atom. The van der Waals surface area contributed by atoms with E-state index in [1.165, 1.54) is 0 Å². The van der Waals surface area contributed by atoms with Gasteiger partial charge in [0.05, 0.1) is 0 Å². The molecule has 6 heteroatoms. The van der Waals surface area contributed by atoms with Crippen LogP contribution in [0.1, 0.15) is 11.4 Å². The summed E-state index contributed by atoms with van der Waals surface area (Å²) in [6.07, 6.45) is 1.82. The van der Waals surface area contributed by atoms with Gasteiger partial charge in [-0.15, -0.1) is 10.2 Å². The van der Waals surface area contributed by atoms with Gasteiger partial charge in [0, 0.05) is 21.5 Å². The molecule has 2 rings (SSSR count). The summed E-state index contributed by atoms with van der Waals surface area (Å²) in [7, 11) is 0. The van der Waals surface area contributed by atoms with E-state index >= 15 is 0 Å². The van der Waals surface area contributed by atoms with E-state index in [0.29, 0.717) is 11.6 Å². The molecule has 0 aliphatic rings. The van der Waals surface area contributed by atoms with Crippen LogP contribution >= 0.6 is 38.9 Å². The third-order valence-electron chi connectivity index (χ3n) is 2.22. The summed E-state index contributed by atoms with van der Waals surface area (Å²) in [5.41, 5.74) is 6.45. The van der Waals surface area contributed by atoms with Crippen molar-refractivity contribution in [3.05, 3.63) is 32.7 Å². The summed E-state index contributed by atoms with van der Waals surface area (Å²) >= 11 is 11.0. The molecule has 0 unspecified atom stereocenters. The molecule has 17 heavy (non-hydrogen) atoms. The Balaban J connectivity index is 2.27. The first-order valence-electron chi connectivity index (χ1n) is 5.18. The number of nitrogens with two attached hydrogens (primary N) is 1. The first kappa shape index (κ1) is 13.0. The minimum atomic E-state index is 0.676. The van der Waals surface area contributed by atoms with Crippen LogP contribution in [0.15, 0.2) is 22.7 Å². The third-order valence-corrected chi connectivity index (χ3v) is 4.16. The summed E-state index contributed by atoms with van der Waals surface area (Å²) in [5, 5.41) is 10.9. The molecular formula is C11H11BrClN3S. The molecule has 0 aliphatic heterocycles. The van der Waals surface area contributed by atoms with Gasteiger partial charge in [0.1, 0.15) is 10.0 Å². The van der Waals surface area contributed by atoms with Crippen molar-refractivity contribution < 1.29 is 0 Å². The van der Waals surface area contributed by atoms with E-state index in [-0.39, 0.29) is 0 Å². The number of aromatic nitrogens is 2. The molecular weight excluding hydrogens is 322 g/mol. The molecule has 0 spiro atoms. The molecule has 0 atom stereocenters. The van der Waals surface area contributed by atoms with Crippen molar-refractivity contribution in [2.45, 2.75) is 12.8 Å². The fourth-order valence-electron chi connectivity index (χ4n) is 1.38. The summed E-state index contributed by atoms with van der Waals surface area (Å²) in [6, 6.07) is 5.64. The molecule has 0 amide bonds. The molecule has 1 aromatic carbocycles. The second-order valence-electron chi connectivity index (χ2n) is 3.52. The molecule has 1 heterocycles. The van der Waals surface area contributed by atoms with Crippen LogP contribution in [-0.2, 0) is 6.42 Å². The highest BCUT2D eigenvalue weighted by Crippen LogP contribution is 2.32. The first-order valence-corrected chi connectivity index (χ1v) is 7.17. The lowest BCUT2D eigenvalue weighted by Gasteiger charge is -1.99. The zero-order valence-corrected chi connectivity index (χ0v) is 12.1. The average molecular weight is 333 g/mol. The lowest BCUT2D eigenvalue weighted by atomic mass is 10.2. The summed E-state index contributed by atoms with van der Waals surface area (Å²) in [4.78, 5) is 0.